The number of benzene rings is 1. The molecule has 0 bridgehead atoms. The molecule has 0 spiro atoms. The standard InChI is InChI=1S/C11H12O3/c1-11(2)8-6-4-3-5-7(8)9(12)14-10(11)13/h3-6,10,13H,1-2H3. The second kappa shape index (κ2) is 2.82. The molecule has 0 fully saturated rings. The van der Waals surface area contributed by atoms with E-state index in [0.717, 1.165) is 5.56 Å². The molecule has 1 aliphatic rings. The molecule has 0 saturated heterocycles. The zero-order valence-corrected chi connectivity index (χ0v) is 8.15. The Bertz CT molecular complexity index is 382. The number of esters is 1. The van der Waals surface area contributed by atoms with E-state index < -0.39 is 17.7 Å². The first-order valence-corrected chi connectivity index (χ1v) is 4.52. The van der Waals surface area contributed by atoms with Gasteiger partial charge in [-0.3, -0.25) is 0 Å². The van der Waals surface area contributed by atoms with E-state index in [1.165, 1.54) is 0 Å². The van der Waals surface area contributed by atoms with E-state index in [2.05, 4.69) is 0 Å². The highest BCUT2D eigenvalue weighted by molar-refractivity contribution is 5.92. The third-order valence-electron chi connectivity index (χ3n) is 2.68. The molecule has 0 radical (unpaired) electrons. The van der Waals surface area contributed by atoms with Gasteiger partial charge >= 0.3 is 5.97 Å². The molecule has 14 heavy (non-hydrogen) atoms. The Balaban J connectivity index is 2.63. The largest absolute Gasteiger partial charge is 0.431 e. The summed E-state index contributed by atoms with van der Waals surface area (Å²) in [5.74, 6) is -0.451. The summed E-state index contributed by atoms with van der Waals surface area (Å²) < 4.78 is 4.84. The highest BCUT2D eigenvalue weighted by Crippen LogP contribution is 2.35. The van der Waals surface area contributed by atoms with Crippen molar-refractivity contribution in [1.82, 2.24) is 0 Å². The van der Waals surface area contributed by atoms with Crippen LogP contribution in [0.1, 0.15) is 29.8 Å². The number of hydrogen-bond acceptors (Lipinski definition) is 3. The fourth-order valence-corrected chi connectivity index (χ4v) is 1.67. The van der Waals surface area contributed by atoms with Crippen LogP contribution >= 0.6 is 0 Å². The van der Waals surface area contributed by atoms with Crippen LogP contribution in [0.15, 0.2) is 24.3 Å². The number of carbonyl (C=O) groups is 1. The first-order chi connectivity index (χ1) is 6.53. The summed E-state index contributed by atoms with van der Waals surface area (Å²) in [5.41, 5.74) is 0.844. The van der Waals surface area contributed by atoms with Crippen LogP contribution in [0.5, 0.6) is 0 Å². The Morgan fingerprint density at radius 3 is 2.71 bits per heavy atom. The minimum absolute atomic E-state index is 0.451. The van der Waals surface area contributed by atoms with Crippen LogP contribution in [0.4, 0.5) is 0 Å². The number of fused-ring (bicyclic) bond motifs is 1. The predicted octanol–water partition coefficient (Wildman–Crippen LogP) is 1.45. The molecular formula is C11H12O3. The first kappa shape index (κ1) is 9.21. The van der Waals surface area contributed by atoms with Crippen LogP contribution in [0.25, 0.3) is 0 Å². The summed E-state index contributed by atoms with van der Waals surface area (Å²) >= 11 is 0. The van der Waals surface area contributed by atoms with Crippen molar-refractivity contribution in [1.29, 1.82) is 0 Å². The molecule has 1 N–H and O–H groups in total. The third-order valence-corrected chi connectivity index (χ3v) is 2.68. The van der Waals surface area contributed by atoms with E-state index in [1.807, 2.05) is 26.0 Å². The summed E-state index contributed by atoms with van der Waals surface area (Å²) in [6.45, 7) is 3.70. The molecule has 1 atom stereocenters. The summed E-state index contributed by atoms with van der Waals surface area (Å²) in [4.78, 5) is 11.4. The lowest BCUT2D eigenvalue weighted by atomic mass is 9.79. The Morgan fingerprint density at radius 1 is 1.36 bits per heavy atom. The molecule has 0 saturated carbocycles. The van der Waals surface area contributed by atoms with Gasteiger partial charge in [-0.15, -0.1) is 0 Å². The zero-order valence-electron chi connectivity index (χ0n) is 8.15. The minimum Gasteiger partial charge on any atom is -0.431 e. The van der Waals surface area contributed by atoms with Gasteiger partial charge in [0.15, 0.2) is 0 Å². The van der Waals surface area contributed by atoms with Crippen molar-refractivity contribution in [3.05, 3.63) is 35.4 Å². The molecule has 1 unspecified atom stereocenters. The molecule has 0 aliphatic carbocycles. The fourth-order valence-electron chi connectivity index (χ4n) is 1.67. The zero-order chi connectivity index (χ0) is 10.3. The average Bonchev–Trinajstić information content (AvgIpc) is 2.16. The Labute approximate surface area is 82.3 Å². The van der Waals surface area contributed by atoms with E-state index in [-0.39, 0.29) is 0 Å². The topological polar surface area (TPSA) is 46.5 Å². The van der Waals surface area contributed by atoms with Gasteiger partial charge in [0.05, 0.1) is 11.0 Å². The smallest absolute Gasteiger partial charge is 0.340 e. The number of aliphatic hydroxyl groups is 1. The fraction of sp³-hybridized carbons (Fsp3) is 0.364. The lowest BCUT2D eigenvalue weighted by Gasteiger charge is -2.35. The lowest BCUT2D eigenvalue weighted by molar-refractivity contribution is -0.110. The van der Waals surface area contributed by atoms with Crippen molar-refractivity contribution >= 4 is 5.97 Å². The van der Waals surface area contributed by atoms with Crippen molar-refractivity contribution < 1.29 is 14.6 Å². The number of ether oxygens (including phenoxy) is 1. The molecule has 3 heteroatoms. The van der Waals surface area contributed by atoms with Crippen LogP contribution < -0.4 is 0 Å². The Hall–Kier alpha value is -1.35. The third kappa shape index (κ3) is 1.13. The van der Waals surface area contributed by atoms with Crippen LogP contribution in [-0.2, 0) is 10.2 Å². The van der Waals surface area contributed by atoms with Gasteiger partial charge in [0.2, 0.25) is 6.29 Å². The highest BCUT2D eigenvalue weighted by Gasteiger charge is 2.40. The van der Waals surface area contributed by atoms with Crippen molar-refractivity contribution in [2.24, 2.45) is 0 Å². The summed E-state index contributed by atoms with van der Waals surface area (Å²) in [6.07, 6.45) is -1.06. The number of rotatable bonds is 0. The highest BCUT2D eigenvalue weighted by atomic mass is 16.6. The second-order valence-electron chi connectivity index (χ2n) is 4.02. The number of hydrogen-bond donors (Lipinski definition) is 1. The number of cyclic esters (lactones) is 1. The van der Waals surface area contributed by atoms with Crippen LogP contribution in [-0.4, -0.2) is 17.4 Å². The van der Waals surface area contributed by atoms with Crippen LogP contribution in [0.3, 0.4) is 0 Å². The van der Waals surface area contributed by atoms with E-state index in [9.17, 15) is 9.90 Å². The minimum atomic E-state index is -1.06. The maximum atomic E-state index is 11.4. The lowest BCUT2D eigenvalue weighted by Crippen LogP contribution is -2.42. The van der Waals surface area contributed by atoms with Gasteiger partial charge < -0.3 is 9.84 Å². The molecule has 0 aromatic heterocycles. The number of carbonyl (C=O) groups excluding carboxylic acids is 1. The van der Waals surface area contributed by atoms with Crippen LogP contribution in [0.2, 0.25) is 0 Å². The molecule has 1 aromatic carbocycles. The van der Waals surface area contributed by atoms with Crippen LogP contribution in [0, 0.1) is 0 Å². The molecule has 1 heterocycles. The van der Waals surface area contributed by atoms with Gasteiger partial charge in [0.1, 0.15) is 0 Å². The van der Waals surface area contributed by atoms with E-state index >= 15 is 0 Å². The molecule has 0 amide bonds. The first-order valence-electron chi connectivity index (χ1n) is 4.52. The molecule has 3 nitrogen and oxygen atoms in total. The maximum absolute atomic E-state index is 11.4. The SMILES string of the molecule is CC1(C)c2ccccc2C(=O)OC1O. The molecule has 1 aromatic rings. The van der Waals surface area contributed by atoms with Gasteiger partial charge in [0, 0.05) is 0 Å². The van der Waals surface area contributed by atoms with Gasteiger partial charge in [0.25, 0.3) is 0 Å². The van der Waals surface area contributed by atoms with E-state index in [0.29, 0.717) is 5.56 Å². The molecule has 1 aliphatic heterocycles. The quantitative estimate of drug-likeness (QED) is 0.633. The van der Waals surface area contributed by atoms with Gasteiger partial charge in [-0.25, -0.2) is 4.79 Å². The maximum Gasteiger partial charge on any atom is 0.340 e. The van der Waals surface area contributed by atoms with Crippen molar-refractivity contribution in [2.45, 2.75) is 25.6 Å². The van der Waals surface area contributed by atoms with Crippen molar-refractivity contribution in [2.75, 3.05) is 0 Å². The predicted molar refractivity (Wildman–Crippen MR) is 50.9 cm³/mol. The van der Waals surface area contributed by atoms with Gasteiger partial charge in [-0.05, 0) is 25.5 Å². The summed E-state index contributed by atoms with van der Waals surface area (Å²) in [7, 11) is 0. The average molecular weight is 192 g/mol. The van der Waals surface area contributed by atoms with Gasteiger partial charge in [-0.2, -0.15) is 0 Å². The van der Waals surface area contributed by atoms with Crippen molar-refractivity contribution in [3.8, 4) is 0 Å². The summed E-state index contributed by atoms with van der Waals surface area (Å²) in [5, 5.41) is 9.61. The molecule has 74 valence electrons. The van der Waals surface area contributed by atoms with E-state index in [1.54, 1.807) is 12.1 Å². The normalized spacial score (nSPS) is 23.9. The van der Waals surface area contributed by atoms with Crippen molar-refractivity contribution in [3.63, 3.8) is 0 Å². The second-order valence-corrected chi connectivity index (χ2v) is 4.02. The molecular weight excluding hydrogens is 180 g/mol. The van der Waals surface area contributed by atoms with E-state index in [4.69, 9.17) is 4.74 Å². The van der Waals surface area contributed by atoms with Gasteiger partial charge in [-0.1, -0.05) is 18.2 Å². The summed E-state index contributed by atoms with van der Waals surface area (Å²) in [6, 6.07) is 7.20. The Kier molecular flexibility index (Phi) is 1.86. The Morgan fingerprint density at radius 2 is 2.00 bits per heavy atom. The number of aliphatic hydroxyl groups excluding tert-OH is 1. The monoisotopic (exact) mass is 192 g/mol. The molecule has 2 rings (SSSR count).